The largest absolute Gasteiger partial charge is 0.487 e. The minimum Gasteiger partial charge on any atom is -0.487 e. The second-order valence-corrected chi connectivity index (χ2v) is 3.69. The monoisotopic (exact) mass is 252 g/mol. The molecule has 0 aliphatic heterocycles. The number of nitrogens with zero attached hydrogens (tertiary/aromatic N) is 2. The first kappa shape index (κ1) is 11.8. The fraction of sp³-hybridized carbons (Fsp3) is 0.167. The van der Waals surface area contributed by atoms with Crippen molar-refractivity contribution in [2.24, 2.45) is 0 Å². The number of aromatic nitrogens is 2. The van der Waals surface area contributed by atoms with Crippen LogP contribution in [0.4, 0.5) is 4.39 Å². The summed E-state index contributed by atoms with van der Waals surface area (Å²) in [5.41, 5.74) is 1.46. The molecule has 0 saturated carbocycles. The molecular formula is C12H10ClFN2O. The summed E-state index contributed by atoms with van der Waals surface area (Å²) >= 11 is 5.62. The molecule has 0 N–H and O–H groups in total. The zero-order chi connectivity index (χ0) is 12.1. The lowest BCUT2D eigenvalue weighted by molar-refractivity contribution is 0.303. The van der Waals surface area contributed by atoms with Crippen LogP contribution < -0.4 is 4.74 Å². The summed E-state index contributed by atoms with van der Waals surface area (Å²) in [5.74, 6) is 0.610. The summed E-state index contributed by atoms with van der Waals surface area (Å²) in [5, 5.41) is 0. The lowest BCUT2D eigenvalue weighted by Crippen LogP contribution is -1.97. The molecule has 17 heavy (non-hydrogen) atoms. The Balaban J connectivity index is 1.97. The number of alkyl halides is 1. The Bertz CT molecular complexity index is 490. The van der Waals surface area contributed by atoms with Crippen LogP contribution >= 0.6 is 11.6 Å². The van der Waals surface area contributed by atoms with E-state index in [1.165, 1.54) is 6.07 Å². The Morgan fingerprint density at radius 1 is 1.24 bits per heavy atom. The van der Waals surface area contributed by atoms with Gasteiger partial charge in [-0.25, -0.2) is 4.39 Å². The average molecular weight is 253 g/mol. The maximum Gasteiger partial charge on any atom is 0.141 e. The molecule has 0 aromatic carbocycles. The molecule has 0 fully saturated rings. The van der Waals surface area contributed by atoms with Gasteiger partial charge in [-0.3, -0.25) is 9.97 Å². The number of ether oxygens (including phenoxy) is 1. The molecule has 5 heteroatoms. The smallest absolute Gasteiger partial charge is 0.141 e. The number of rotatable bonds is 4. The van der Waals surface area contributed by atoms with Crippen LogP contribution in [-0.2, 0) is 12.5 Å². The van der Waals surface area contributed by atoms with Crippen molar-refractivity contribution in [1.29, 1.82) is 0 Å². The molecule has 88 valence electrons. The number of pyridine rings is 2. The lowest BCUT2D eigenvalue weighted by atomic mass is 10.3. The number of halogens is 2. The Labute approximate surface area is 103 Å². The highest BCUT2D eigenvalue weighted by Crippen LogP contribution is 2.12. The van der Waals surface area contributed by atoms with Crippen LogP contribution in [0.2, 0.25) is 0 Å². The molecule has 0 spiro atoms. The first-order chi connectivity index (χ1) is 8.28. The zero-order valence-electron chi connectivity index (χ0n) is 8.94. The molecule has 0 bridgehead atoms. The van der Waals surface area contributed by atoms with Crippen molar-refractivity contribution in [2.75, 3.05) is 0 Å². The minimum absolute atomic E-state index is 0.257. The fourth-order valence-corrected chi connectivity index (χ4v) is 1.43. The van der Waals surface area contributed by atoms with Gasteiger partial charge in [0, 0.05) is 11.8 Å². The molecule has 3 nitrogen and oxygen atoms in total. The van der Waals surface area contributed by atoms with Crippen molar-refractivity contribution in [3.63, 3.8) is 0 Å². The topological polar surface area (TPSA) is 35.0 Å². The van der Waals surface area contributed by atoms with Crippen LogP contribution in [0.1, 0.15) is 11.3 Å². The van der Waals surface area contributed by atoms with E-state index in [0.717, 1.165) is 11.9 Å². The molecule has 2 heterocycles. The average Bonchev–Trinajstić information content (AvgIpc) is 2.37. The molecule has 0 saturated heterocycles. The van der Waals surface area contributed by atoms with Gasteiger partial charge in [0.05, 0.1) is 24.0 Å². The standard InChI is InChI=1S/C12H10ClFN2O/c13-4-11-1-2-12(7-16-11)17-8-9-3-10(14)6-15-5-9/h1-3,5-7H,4,8H2. The molecule has 0 aliphatic rings. The van der Waals surface area contributed by atoms with Crippen LogP contribution in [0.15, 0.2) is 36.8 Å². The molecule has 0 amide bonds. The summed E-state index contributed by atoms with van der Waals surface area (Å²) in [7, 11) is 0. The molecule has 0 radical (unpaired) electrons. The third kappa shape index (κ3) is 3.39. The van der Waals surface area contributed by atoms with Crippen molar-refractivity contribution < 1.29 is 9.13 Å². The summed E-state index contributed by atoms with van der Waals surface area (Å²) in [6, 6.07) is 4.94. The highest BCUT2D eigenvalue weighted by Gasteiger charge is 1.99. The van der Waals surface area contributed by atoms with Crippen LogP contribution in [-0.4, -0.2) is 9.97 Å². The van der Waals surface area contributed by atoms with E-state index in [1.54, 1.807) is 24.5 Å². The van der Waals surface area contributed by atoms with Gasteiger partial charge in [0.1, 0.15) is 18.2 Å². The molecule has 2 aromatic rings. The van der Waals surface area contributed by atoms with Crippen molar-refractivity contribution in [3.05, 3.63) is 53.9 Å². The van der Waals surface area contributed by atoms with E-state index in [2.05, 4.69) is 9.97 Å². The van der Waals surface area contributed by atoms with Gasteiger partial charge >= 0.3 is 0 Å². The number of hydrogen-bond donors (Lipinski definition) is 0. The summed E-state index contributed by atoms with van der Waals surface area (Å²) in [4.78, 5) is 7.82. The van der Waals surface area contributed by atoms with E-state index in [1.807, 2.05) is 0 Å². The first-order valence-electron chi connectivity index (χ1n) is 5.01. The quantitative estimate of drug-likeness (QED) is 0.785. The molecule has 0 aliphatic carbocycles. The second-order valence-electron chi connectivity index (χ2n) is 3.42. The SMILES string of the molecule is Fc1cncc(COc2ccc(CCl)nc2)c1. The van der Waals surface area contributed by atoms with E-state index in [9.17, 15) is 4.39 Å². The van der Waals surface area contributed by atoms with Crippen LogP contribution in [0.5, 0.6) is 5.75 Å². The van der Waals surface area contributed by atoms with E-state index in [-0.39, 0.29) is 12.4 Å². The van der Waals surface area contributed by atoms with Crippen LogP contribution in [0.3, 0.4) is 0 Å². The minimum atomic E-state index is -0.373. The second kappa shape index (κ2) is 5.59. The highest BCUT2D eigenvalue weighted by molar-refractivity contribution is 6.16. The van der Waals surface area contributed by atoms with Gasteiger partial charge in [0.15, 0.2) is 0 Å². The molecule has 2 rings (SSSR count). The van der Waals surface area contributed by atoms with Crippen LogP contribution in [0, 0.1) is 5.82 Å². The van der Waals surface area contributed by atoms with Crippen molar-refractivity contribution in [1.82, 2.24) is 9.97 Å². The van der Waals surface area contributed by atoms with Crippen molar-refractivity contribution in [2.45, 2.75) is 12.5 Å². The highest BCUT2D eigenvalue weighted by atomic mass is 35.5. The Morgan fingerprint density at radius 2 is 2.12 bits per heavy atom. The van der Waals surface area contributed by atoms with Gasteiger partial charge in [0.2, 0.25) is 0 Å². The maximum absolute atomic E-state index is 12.8. The van der Waals surface area contributed by atoms with Gasteiger partial charge in [-0.05, 0) is 18.2 Å². The molecule has 2 aromatic heterocycles. The fourth-order valence-electron chi connectivity index (χ4n) is 1.28. The Kier molecular flexibility index (Phi) is 3.88. The predicted molar refractivity (Wildman–Crippen MR) is 62.3 cm³/mol. The number of hydrogen-bond acceptors (Lipinski definition) is 3. The van der Waals surface area contributed by atoms with Crippen molar-refractivity contribution >= 4 is 11.6 Å². The maximum atomic E-state index is 12.8. The Morgan fingerprint density at radius 3 is 2.76 bits per heavy atom. The van der Waals surface area contributed by atoms with E-state index in [0.29, 0.717) is 17.2 Å². The summed E-state index contributed by atoms with van der Waals surface area (Å²) in [6.45, 7) is 0.257. The van der Waals surface area contributed by atoms with E-state index < -0.39 is 0 Å². The van der Waals surface area contributed by atoms with Gasteiger partial charge in [-0.15, -0.1) is 11.6 Å². The van der Waals surface area contributed by atoms with Gasteiger partial charge in [0.25, 0.3) is 0 Å². The predicted octanol–water partition coefficient (Wildman–Crippen LogP) is 2.93. The Hall–Kier alpha value is -1.68. The molecule has 0 atom stereocenters. The van der Waals surface area contributed by atoms with E-state index >= 15 is 0 Å². The lowest BCUT2D eigenvalue weighted by Gasteiger charge is -2.05. The normalized spacial score (nSPS) is 10.2. The van der Waals surface area contributed by atoms with Crippen LogP contribution in [0.25, 0.3) is 0 Å². The third-order valence-electron chi connectivity index (χ3n) is 2.10. The summed E-state index contributed by atoms with van der Waals surface area (Å²) < 4.78 is 18.3. The first-order valence-corrected chi connectivity index (χ1v) is 5.54. The van der Waals surface area contributed by atoms with E-state index in [4.69, 9.17) is 16.3 Å². The van der Waals surface area contributed by atoms with Gasteiger partial charge < -0.3 is 4.74 Å². The third-order valence-corrected chi connectivity index (χ3v) is 2.38. The van der Waals surface area contributed by atoms with Gasteiger partial charge in [-0.2, -0.15) is 0 Å². The molecular weight excluding hydrogens is 243 g/mol. The zero-order valence-corrected chi connectivity index (χ0v) is 9.69. The molecule has 0 unspecified atom stereocenters. The van der Waals surface area contributed by atoms with Crippen molar-refractivity contribution in [3.8, 4) is 5.75 Å². The summed E-state index contributed by atoms with van der Waals surface area (Å²) in [6.07, 6.45) is 4.30. The van der Waals surface area contributed by atoms with Gasteiger partial charge in [-0.1, -0.05) is 0 Å².